The third kappa shape index (κ3) is 10.4. The second-order valence-corrected chi connectivity index (χ2v) is 15.0. The Labute approximate surface area is 291 Å². The summed E-state index contributed by atoms with van der Waals surface area (Å²) in [5, 5.41) is 18.8. The number of ether oxygens (including phenoxy) is 1. The van der Waals surface area contributed by atoms with Crippen molar-refractivity contribution in [3.63, 3.8) is 0 Å². The van der Waals surface area contributed by atoms with Gasteiger partial charge in [-0.25, -0.2) is 9.37 Å². The van der Waals surface area contributed by atoms with Crippen LogP contribution in [-0.2, 0) is 25.7 Å². The number of halogens is 1. The van der Waals surface area contributed by atoms with Gasteiger partial charge in [0.25, 0.3) is 11.8 Å². The van der Waals surface area contributed by atoms with E-state index in [1.165, 1.54) is 16.2 Å². The fourth-order valence-corrected chi connectivity index (χ4v) is 6.60. The average molecular weight is 703 g/mol. The van der Waals surface area contributed by atoms with Gasteiger partial charge in [-0.2, -0.15) is 0 Å². The molecule has 270 valence electrons. The zero-order valence-corrected chi connectivity index (χ0v) is 29.8. The van der Waals surface area contributed by atoms with Crippen LogP contribution in [0.3, 0.4) is 0 Å². The van der Waals surface area contributed by atoms with Crippen LogP contribution in [0.2, 0.25) is 0 Å². The van der Waals surface area contributed by atoms with Gasteiger partial charge in [0, 0.05) is 31.6 Å². The van der Waals surface area contributed by atoms with Gasteiger partial charge in [0.2, 0.25) is 11.8 Å². The van der Waals surface area contributed by atoms with Crippen LogP contribution in [0.15, 0.2) is 23.7 Å². The number of aryl methyl sites for hydroxylation is 1. The number of rotatable bonds is 17. The molecular formula is C35H51FN6O6S. The van der Waals surface area contributed by atoms with Gasteiger partial charge in [-0.1, -0.05) is 52.2 Å². The van der Waals surface area contributed by atoms with Gasteiger partial charge in [0.05, 0.1) is 22.2 Å². The molecule has 4 rings (SSSR count). The number of carbonyl (C=O) groups excluding carboxylic acids is 4. The largest absolute Gasteiger partial charge is 0.483 e. The van der Waals surface area contributed by atoms with E-state index in [0.29, 0.717) is 24.4 Å². The molecule has 4 amide bonds. The minimum absolute atomic E-state index is 0.00950. The number of nitrogens with one attached hydrogen (secondary N) is 3. The Hall–Kier alpha value is -3.62. The SMILES string of the molecule is Cc1ncsc1-c1ccc(CNC(=O)[C@@H]2C[C@@H](O)CN2C(=O)[C@@H](NC(=O)C2(F)CC2)C(C)(C)C)c(OCC(=O)NCCCCCCCN)c1. The van der Waals surface area contributed by atoms with Gasteiger partial charge >= 0.3 is 0 Å². The van der Waals surface area contributed by atoms with Crippen molar-refractivity contribution < 1.29 is 33.4 Å². The minimum Gasteiger partial charge on any atom is -0.483 e. The van der Waals surface area contributed by atoms with Crippen molar-refractivity contribution in [3.8, 4) is 16.2 Å². The molecule has 1 aromatic carbocycles. The summed E-state index contributed by atoms with van der Waals surface area (Å²) in [4.78, 5) is 59.1. The molecule has 3 atom stereocenters. The second kappa shape index (κ2) is 16.9. The third-order valence-electron chi connectivity index (χ3n) is 8.94. The standard InChI is InChI=1S/C35H51FN6O6S/c1-22-29(49-21-40-22)23-10-11-24(27(16-23)48-20-28(44)38-15-9-7-5-6-8-14-37)18-39-31(45)26-17-25(43)19-42(26)32(46)30(34(2,3)4)41-33(47)35(36)12-13-35/h10-11,16,21,25-26,30,43H,5-9,12-15,17-20,37H2,1-4H3,(H,38,44)(H,39,45)(H,41,47)/t25-,26+,30-/m1/s1. The summed E-state index contributed by atoms with van der Waals surface area (Å²) < 4.78 is 20.5. The number of nitrogens with zero attached hydrogens (tertiary/aromatic N) is 2. The van der Waals surface area contributed by atoms with E-state index >= 15 is 0 Å². The summed E-state index contributed by atoms with van der Waals surface area (Å²) in [7, 11) is 0. The van der Waals surface area contributed by atoms with Gasteiger partial charge in [-0.15, -0.1) is 11.3 Å². The predicted molar refractivity (Wildman–Crippen MR) is 185 cm³/mol. The summed E-state index contributed by atoms with van der Waals surface area (Å²) in [6.07, 6.45) is 4.29. The van der Waals surface area contributed by atoms with Crippen molar-refractivity contribution in [2.24, 2.45) is 11.1 Å². The topological polar surface area (TPSA) is 176 Å². The highest BCUT2D eigenvalue weighted by Crippen LogP contribution is 2.40. The molecule has 0 spiro atoms. The first-order valence-electron chi connectivity index (χ1n) is 17.1. The zero-order chi connectivity index (χ0) is 35.8. The van der Waals surface area contributed by atoms with Gasteiger partial charge in [-0.05, 0) is 56.2 Å². The summed E-state index contributed by atoms with van der Waals surface area (Å²) in [6, 6.07) is 3.41. The molecule has 2 fully saturated rings. The molecule has 0 unspecified atom stereocenters. The van der Waals surface area contributed by atoms with Crippen LogP contribution in [0.5, 0.6) is 5.75 Å². The van der Waals surface area contributed by atoms with Gasteiger partial charge in [-0.3, -0.25) is 19.2 Å². The third-order valence-corrected chi connectivity index (χ3v) is 9.92. The Morgan fingerprint density at radius 3 is 2.51 bits per heavy atom. The molecule has 12 nitrogen and oxygen atoms in total. The van der Waals surface area contributed by atoms with Crippen molar-refractivity contribution in [2.45, 2.75) is 109 Å². The van der Waals surface area contributed by atoms with Gasteiger partial charge in [0.1, 0.15) is 17.8 Å². The normalized spacial score (nSPS) is 18.9. The summed E-state index contributed by atoms with van der Waals surface area (Å²) in [6.45, 7) is 8.11. The highest BCUT2D eigenvalue weighted by molar-refractivity contribution is 7.13. The number of amides is 4. The number of hydrogen-bond acceptors (Lipinski definition) is 9. The second-order valence-electron chi connectivity index (χ2n) is 14.1. The van der Waals surface area contributed by atoms with E-state index < -0.39 is 47.0 Å². The highest BCUT2D eigenvalue weighted by atomic mass is 32.1. The summed E-state index contributed by atoms with van der Waals surface area (Å²) in [5.74, 6) is -1.73. The maximum absolute atomic E-state index is 14.5. The molecule has 2 aromatic rings. The Morgan fingerprint density at radius 1 is 1.14 bits per heavy atom. The van der Waals surface area contributed by atoms with E-state index in [-0.39, 0.29) is 44.9 Å². The van der Waals surface area contributed by atoms with Crippen molar-refractivity contribution >= 4 is 35.0 Å². The first-order chi connectivity index (χ1) is 23.2. The maximum Gasteiger partial charge on any atom is 0.258 e. The smallest absolute Gasteiger partial charge is 0.258 e. The van der Waals surface area contributed by atoms with E-state index in [2.05, 4.69) is 20.9 Å². The van der Waals surface area contributed by atoms with E-state index in [9.17, 15) is 28.7 Å². The molecule has 49 heavy (non-hydrogen) atoms. The van der Waals surface area contributed by atoms with Crippen LogP contribution >= 0.6 is 11.3 Å². The van der Waals surface area contributed by atoms with Crippen molar-refractivity contribution in [1.82, 2.24) is 25.8 Å². The van der Waals surface area contributed by atoms with E-state index in [1.807, 2.05) is 25.1 Å². The Morgan fingerprint density at radius 2 is 1.86 bits per heavy atom. The number of nitrogens with two attached hydrogens (primary N) is 1. The highest BCUT2D eigenvalue weighted by Gasteiger charge is 2.53. The molecule has 2 aliphatic rings. The van der Waals surface area contributed by atoms with Crippen molar-refractivity contribution in [3.05, 3.63) is 35.0 Å². The molecule has 2 heterocycles. The lowest BCUT2D eigenvalue weighted by atomic mass is 9.85. The summed E-state index contributed by atoms with van der Waals surface area (Å²) in [5.41, 5.74) is 6.86. The molecule has 1 saturated heterocycles. The maximum atomic E-state index is 14.5. The van der Waals surface area contributed by atoms with Gasteiger partial charge in [0.15, 0.2) is 12.3 Å². The number of carbonyl (C=O) groups is 4. The molecule has 6 N–H and O–H groups in total. The number of benzene rings is 1. The number of aliphatic hydroxyl groups excluding tert-OH is 1. The predicted octanol–water partition coefficient (Wildman–Crippen LogP) is 3.13. The quantitative estimate of drug-likeness (QED) is 0.156. The Balaban J connectivity index is 1.42. The Kier molecular flexibility index (Phi) is 13.1. The van der Waals surface area contributed by atoms with Crippen LogP contribution in [0.4, 0.5) is 4.39 Å². The number of β-amino-alcohol motifs (C(OH)–C–C–N with tert-alkyl or cyclic N) is 1. The lowest BCUT2D eigenvalue weighted by Crippen LogP contribution is -2.59. The van der Waals surface area contributed by atoms with E-state index in [1.54, 1.807) is 26.3 Å². The molecule has 1 aliphatic carbocycles. The number of hydrogen-bond donors (Lipinski definition) is 5. The van der Waals surface area contributed by atoms with Crippen molar-refractivity contribution in [1.29, 1.82) is 0 Å². The molecule has 1 aliphatic heterocycles. The molecule has 0 radical (unpaired) electrons. The molecule has 14 heteroatoms. The summed E-state index contributed by atoms with van der Waals surface area (Å²) >= 11 is 1.48. The molecule has 1 aromatic heterocycles. The van der Waals surface area contributed by atoms with Crippen LogP contribution in [-0.4, -0.2) is 88.7 Å². The number of thiazole rings is 1. The number of alkyl halides is 1. The molecule has 0 bridgehead atoms. The lowest BCUT2D eigenvalue weighted by molar-refractivity contribution is -0.145. The number of likely N-dealkylation sites (tertiary alicyclic amines) is 1. The first-order valence-corrected chi connectivity index (χ1v) is 18.0. The monoisotopic (exact) mass is 702 g/mol. The molecular weight excluding hydrogens is 651 g/mol. The van der Waals surface area contributed by atoms with E-state index in [4.69, 9.17) is 10.5 Å². The van der Waals surface area contributed by atoms with Crippen molar-refractivity contribution in [2.75, 3.05) is 26.2 Å². The fraction of sp³-hybridized carbons (Fsp3) is 0.629. The zero-order valence-electron chi connectivity index (χ0n) is 29.0. The Bertz CT molecular complexity index is 1470. The first kappa shape index (κ1) is 38.2. The number of aliphatic hydroxyl groups is 1. The number of aromatic nitrogens is 1. The fourth-order valence-electron chi connectivity index (χ4n) is 5.79. The van der Waals surface area contributed by atoms with E-state index in [0.717, 1.165) is 48.2 Å². The minimum atomic E-state index is -1.97. The molecule has 1 saturated carbocycles. The number of unbranched alkanes of at least 4 members (excludes halogenated alkanes) is 4. The average Bonchev–Trinajstić information content (AvgIpc) is 3.46. The van der Waals surface area contributed by atoms with Crippen LogP contribution < -0.4 is 26.4 Å². The van der Waals surface area contributed by atoms with Gasteiger partial charge < -0.3 is 36.4 Å². The van der Waals surface area contributed by atoms with Crippen LogP contribution in [0.25, 0.3) is 10.4 Å². The van der Waals surface area contributed by atoms with Crippen LogP contribution in [0.1, 0.15) is 83.4 Å². The van der Waals surface area contributed by atoms with Crippen LogP contribution in [0, 0.1) is 12.3 Å². The lowest BCUT2D eigenvalue weighted by Gasteiger charge is -2.35.